The zero-order valence-electron chi connectivity index (χ0n) is 10.8. The Morgan fingerprint density at radius 2 is 2.28 bits per heavy atom. The molecule has 0 spiro atoms. The van der Waals surface area contributed by atoms with Crippen LogP contribution in [0.4, 0.5) is 17.3 Å². The lowest BCUT2D eigenvalue weighted by molar-refractivity contribution is -0.383. The molecule has 0 aliphatic heterocycles. The topological polar surface area (TPSA) is 84.2 Å². The van der Waals surface area contributed by atoms with Gasteiger partial charge in [0.25, 0.3) is 0 Å². The van der Waals surface area contributed by atoms with Crippen molar-refractivity contribution in [1.82, 2.24) is 9.97 Å². The quantitative estimate of drug-likeness (QED) is 0.631. The highest BCUT2D eigenvalue weighted by molar-refractivity contribution is 5.69. The van der Waals surface area contributed by atoms with Gasteiger partial charge in [-0.3, -0.25) is 10.1 Å². The molecular formula is C11H17N5O2. The van der Waals surface area contributed by atoms with Gasteiger partial charge >= 0.3 is 5.69 Å². The molecule has 7 nitrogen and oxygen atoms in total. The first kappa shape index (κ1) is 12.5. The highest BCUT2D eigenvalue weighted by Gasteiger charge is 2.35. The number of hydrogen-bond acceptors (Lipinski definition) is 6. The van der Waals surface area contributed by atoms with Crippen LogP contribution in [-0.4, -0.2) is 35.5 Å². The van der Waals surface area contributed by atoms with Gasteiger partial charge in [-0.1, -0.05) is 6.92 Å². The highest BCUT2D eigenvalue weighted by Crippen LogP contribution is 2.40. The van der Waals surface area contributed by atoms with E-state index in [0.29, 0.717) is 17.7 Å². The van der Waals surface area contributed by atoms with Crippen LogP contribution in [0.25, 0.3) is 0 Å². The van der Waals surface area contributed by atoms with Crippen molar-refractivity contribution in [1.29, 1.82) is 0 Å². The van der Waals surface area contributed by atoms with E-state index in [1.54, 1.807) is 7.05 Å². The molecule has 0 amide bonds. The van der Waals surface area contributed by atoms with Gasteiger partial charge in [-0.15, -0.1) is 0 Å². The molecule has 1 N–H and O–H groups in total. The lowest BCUT2D eigenvalue weighted by Crippen LogP contribution is -2.23. The molecule has 1 aromatic rings. The molecule has 7 heteroatoms. The van der Waals surface area contributed by atoms with Gasteiger partial charge in [0.2, 0.25) is 11.6 Å². The summed E-state index contributed by atoms with van der Waals surface area (Å²) < 4.78 is 0. The van der Waals surface area contributed by atoms with E-state index in [-0.39, 0.29) is 11.5 Å². The molecule has 0 radical (unpaired) electrons. The number of rotatable bonds is 5. The summed E-state index contributed by atoms with van der Waals surface area (Å²) in [5.74, 6) is 1.94. The SMILES string of the molecule is CNc1ncnc(N(C)CC2CC2C)c1[N+](=O)[O-]. The Bertz CT molecular complexity index is 465. The van der Waals surface area contributed by atoms with Crippen molar-refractivity contribution in [2.45, 2.75) is 13.3 Å². The minimum Gasteiger partial charge on any atom is -0.367 e. The second kappa shape index (κ2) is 4.75. The number of nitro groups is 1. The Balaban J connectivity index is 2.27. The van der Waals surface area contributed by atoms with Crippen LogP contribution >= 0.6 is 0 Å². The minimum absolute atomic E-state index is 0.0594. The van der Waals surface area contributed by atoms with Crippen LogP contribution in [0.2, 0.25) is 0 Å². The van der Waals surface area contributed by atoms with Gasteiger partial charge in [-0.05, 0) is 18.3 Å². The predicted molar refractivity (Wildman–Crippen MR) is 68.8 cm³/mol. The van der Waals surface area contributed by atoms with Gasteiger partial charge in [-0.25, -0.2) is 9.97 Å². The second-order valence-electron chi connectivity index (χ2n) is 4.76. The fourth-order valence-electron chi connectivity index (χ4n) is 2.09. The summed E-state index contributed by atoms with van der Waals surface area (Å²) in [4.78, 5) is 20.5. The molecule has 1 fully saturated rings. The van der Waals surface area contributed by atoms with Crippen molar-refractivity contribution < 1.29 is 4.92 Å². The smallest absolute Gasteiger partial charge is 0.353 e. The monoisotopic (exact) mass is 251 g/mol. The van der Waals surface area contributed by atoms with Crippen LogP contribution in [-0.2, 0) is 0 Å². The molecule has 1 saturated carbocycles. The minimum atomic E-state index is -0.437. The summed E-state index contributed by atoms with van der Waals surface area (Å²) in [6, 6.07) is 0. The van der Waals surface area contributed by atoms with Crippen molar-refractivity contribution in [2.24, 2.45) is 11.8 Å². The third kappa shape index (κ3) is 2.34. The van der Waals surface area contributed by atoms with Gasteiger partial charge in [0.05, 0.1) is 4.92 Å². The average molecular weight is 251 g/mol. The summed E-state index contributed by atoms with van der Waals surface area (Å²) in [7, 11) is 3.45. The maximum atomic E-state index is 11.1. The molecule has 2 unspecified atom stereocenters. The standard InChI is InChI=1S/C11H17N5O2/c1-7-4-8(7)5-15(3)11-9(16(17)18)10(12-2)13-6-14-11/h6-8H,4-5H2,1-3H3,(H,12,13,14). The van der Waals surface area contributed by atoms with Gasteiger partial charge in [-0.2, -0.15) is 0 Å². The first-order chi connectivity index (χ1) is 8.54. The number of anilines is 2. The van der Waals surface area contributed by atoms with E-state index in [0.717, 1.165) is 6.54 Å². The van der Waals surface area contributed by atoms with Gasteiger partial charge < -0.3 is 10.2 Å². The average Bonchev–Trinajstić information content (AvgIpc) is 3.03. The Morgan fingerprint density at radius 1 is 1.61 bits per heavy atom. The molecule has 98 valence electrons. The summed E-state index contributed by atoms with van der Waals surface area (Å²) in [6.45, 7) is 2.98. The third-order valence-electron chi connectivity index (χ3n) is 3.37. The maximum Gasteiger partial charge on any atom is 0.353 e. The molecule has 2 atom stereocenters. The van der Waals surface area contributed by atoms with Crippen molar-refractivity contribution in [2.75, 3.05) is 30.9 Å². The Labute approximate surface area is 105 Å². The molecule has 2 rings (SSSR count). The van der Waals surface area contributed by atoms with Crippen LogP contribution in [0.15, 0.2) is 6.33 Å². The number of hydrogen-bond donors (Lipinski definition) is 1. The summed E-state index contributed by atoms with van der Waals surface area (Å²) in [5, 5.41) is 13.9. The normalized spacial score (nSPS) is 21.5. The van der Waals surface area contributed by atoms with E-state index in [1.807, 2.05) is 11.9 Å². The van der Waals surface area contributed by atoms with Crippen LogP contribution < -0.4 is 10.2 Å². The molecule has 1 aromatic heterocycles. The van der Waals surface area contributed by atoms with Gasteiger partial charge in [0.15, 0.2) is 0 Å². The molecule has 0 saturated heterocycles. The van der Waals surface area contributed by atoms with Crippen LogP contribution in [0.1, 0.15) is 13.3 Å². The highest BCUT2D eigenvalue weighted by atomic mass is 16.6. The van der Waals surface area contributed by atoms with E-state index < -0.39 is 4.92 Å². The van der Waals surface area contributed by atoms with E-state index in [9.17, 15) is 10.1 Å². The van der Waals surface area contributed by atoms with Crippen molar-refractivity contribution in [3.8, 4) is 0 Å². The summed E-state index contributed by atoms with van der Waals surface area (Å²) in [6.07, 6.45) is 2.53. The molecular weight excluding hydrogens is 234 g/mol. The Morgan fingerprint density at radius 3 is 2.78 bits per heavy atom. The molecule has 1 aliphatic rings. The number of nitrogens with zero attached hydrogens (tertiary/aromatic N) is 4. The van der Waals surface area contributed by atoms with Crippen LogP contribution in [0.3, 0.4) is 0 Å². The molecule has 0 bridgehead atoms. The zero-order valence-corrected chi connectivity index (χ0v) is 10.8. The predicted octanol–water partition coefficient (Wildman–Crippen LogP) is 1.52. The fourth-order valence-corrected chi connectivity index (χ4v) is 2.09. The van der Waals surface area contributed by atoms with Crippen molar-refractivity contribution in [3.63, 3.8) is 0 Å². The van der Waals surface area contributed by atoms with E-state index in [2.05, 4.69) is 22.2 Å². The number of nitrogens with one attached hydrogen (secondary N) is 1. The van der Waals surface area contributed by atoms with E-state index in [1.165, 1.54) is 12.7 Å². The van der Waals surface area contributed by atoms with Gasteiger partial charge in [0, 0.05) is 20.6 Å². The summed E-state index contributed by atoms with van der Waals surface area (Å²) in [5.41, 5.74) is -0.0594. The molecule has 1 heterocycles. The zero-order chi connectivity index (χ0) is 13.3. The van der Waals surface area contributed by atoms with E-state index in [4.69, 9.17) is 0 Å². The van der Waals surface area contributed by atoms with Crippen molar-refractivity contribution >= 4 is 17.3 Å². The molecule has 1 aliphatic carbocycles. The van der Waals surface area contributed by atoms with Gasteiger partial charge in [0.1, 0.15) is 6.33 Å². The second-order valence-corrected chi connectivity index (χ2v) is 4.76. The van der Waals surface area contributed by atoms with Crippen molar-refractivity contribution in [3.05, 3.63) is 16.4 Å². The van der Waals surface area contributed by atoms with Crippen LogP contribution in [0, 0.1) is 22.0 Å². The van der Waals surface area contributed by atoms with E-state index >= 15 is 0 Å². The first-order valence-electron chi connectivity index (χ1n) is 5.92. The third-order valence-corrected chi connectivity index (χ3v) is 3.37. The Hall–Kier alpha value is -1.92. The number of aromatic nitrogens is 2. The first-order valence-corrected chi connectivity index (χ1v) is 5.92. The summed E-state index contributed by atoms with van der Waals surface area (Å²) >= 11 is 0. The largest absolute Gasteiger partial charge is 0.367 e. The fraction of sp³-hybridized carbons (Fsp3) is 0.636. The molecule has 0 aromatic carbocycles. The lowest BCUT2D eigenvalue weighted by Gasteiger charge is -2.18. The molecule has 18 heavy (non-hydrogen) atoms. The maximum absolute atomic E-state index is 11.1. The Kier molecular flexibility index (Phi) is 3.31. The van der Waals surface area contributed by atoms with Crippen LogP contribution in [0.5, 0.6) is 0 Å². The lowest BCUT2D eigenvalue weighted by atomic mass is 10.3.